The maximum Gasteiger partial charge on any atom is 0.276 e. The van der Waals surface area contributed by atoms with Gasteiger partial charge in [-0.1, -0.05) is 39.4 Å². The second-order valence-corrected chi connectivity index (χ2v) is 7.95. The van der Waals surface area contributed by atoms with Crippen molar-refractivity contribution in [3.8, 4) is 28.6 Å². The molecule has 2 aromatic heterocycles. The normalized spacial score (nSPS) is 11.8. The van der Waals surface area contributed by atoms with Gasteiger partial charge in [-0.2, -0.15) is 0 Å². The number of methoxy groups -OCH3 is 3. The number of ether oxygens (including phenoxy) is 3. The van der Waals surface area contributed by atoms with Crippen LogP contribution in [0.5, 0.6) is 17.2 Å². The van der Waals surface area contributed by atoms with E-state index in [-0.39, 0.29) is 5.56 Å². The summed E-state index contributed by atoms with van der Waals surface area (Å²) in [5.74, 6) is 1.83. The number of thiazole rings is 1. The lowest BCUT2D eigenvalue weighted by Gasteiger charge is -2.13. The molecule has 0 aliphatic carbocycles. The first-order valence-electron chi connectivity index (χ1n) is 8.51. The quantitative estimate of drug-likeness (QED) is 0.443. The van der Waals surface area contributed by atoms with Crippen molar-refractivity contribution in [1.82, 2.24) is 14.6 Å². The van der Waals surface area contributed by atoms with E-state index in [1.54, 1.807) is 12.1 Å². The fourth-order valence-electron chi connectivity index (χ4n) is 3.01. The van der Waals surface area contributed by atoms with Gasteiger partial charge in [0.1, 0.15) is 0 Å². The van der Waals surface area contributed by atoms with Crippen LogP contribution in [0, 0.1) is 0 Å². The smallest absolute Gasteiger partial charge is 0.276 e. The van der Waals surface area contributed by atoms with Crippen LogP contribution in [0.25, 0.3) is 22.4 Å². The molecular formula is C20H16BrN3O4S. The maximum atomic E-state index is 13.1. The van der Waals surface area contributed by atoms with Crippen LogP contribution in [0.3, 0.4) is 0 Å². The van der Waals surface area contributed by atoms with E-state index in [4.69, 9.17) is 14.2 Å². The molecule has 0 aliphatic rings. The van der Waals surface area contributed by atoms with Crippen molar-refractivity contribution >= 4 is 38.3 Å². The van der Waals surface area contributed by atoms with Gasteiger partial charge < -0.3 is 14.2 Å². The van der Waals surface area contributed by atoms with Crippen molar-refractivity contribution < 1.29 is 14.2 Å². The minimum Gasteiger partial charge on any atom is -0.493 e. The highest BCUT2D eigenvalue weighted by atomic mass is 79.9. The van der Waals surface area contributed by atoms with E-state index in [9.17, 15) is 4.79 Å². The van der Waals surface area contributed by atoms with Gasteiger partial charge in [0.05, 0.1) is 25.9 Å². The highest BCUT2D eigenvalue weighted by Crippen LogP contribution is 2.40. The van der Waals surface area contributed by atoms with Crippen molar-refractivity contribution in [3.05, 3.63) is 61.3 Å². The molecule has 7 nitrogen and oxygen atoms in total. The van der Waals surface area contributed by atoms with Crippen LogP contribution >= 0.6 is 27.3 Å². The lowest BCUT2D eigenvalue weighted by Crippen LogP contribution is -2.23. The summed E-state index contributed by atoms with van der Waals surface area (Å²) in [6.07, 6.45) is 1.84. The Hall–Kier alpha value is -2.91. The van der Waals surface area contributed by atoms with E-state index < -0.39 is 0 Å². The lowest BCUT2D eigenvalue weighted by molar-refractivity contribution is 0.324. The Balaban J connectivity index is 1.91. The molecule has 0 radical (unpaired) electrons. The number of halogens is 1. The highest BCUT2D eigenvalue weighted by Gasteiger charge is 2.19. The summed E-state index contributed by atoms with van der Waals surface area (Å²) < 4.78 is 19.2. The third kappa shape index (κ3) is 3.47. The molecular weight excluding hydrogens is 458 g/mol. The summed E-state index contributed by atoms with van der Waals surface area (Å²) in [4.78, 5) is 13.6. The van der Waals surface area contributed by atoms with E-state index in [0.29, 0.717) is 38.1 Å². The van der Waals surface area contributed by atoms with Gasteiger partial charge in [0, 0.05) is 10.0 Å². The number of rotatable bonds is 5. The number of hydrogen-bond acceptors (Lipinski definition) is 7. The van der Waals surface area contributed by atoms with E-state index in [1.807, 2.05) is 30.3 Å². The van der Waals surface area contributed by atoms with Crippen LogP contribution in [0.15, 0.2) is 45.7 Å². The van der Waals surface area contributed by atoms with Gasteiger partial charge in [0.15, 0.2) is 17.3 Å². The minimum atomic E-state index is -0.182. The Morgan fingerprint density at radius 3 is 2.38 bits per heavy atom. The minimum absolute atomic E-state index is 0.182. The molecule has 4 rings (SSSR count). The molecule has 2 aromatic carbocycles. The van der Waals surface area contributed by atoms with Gasteiger partial charge in [-0.25, -0.2) is 4.40 Å². The maximum absolute atomic E-state index is 13.1. The van der Waals surface area contributed by atoms with Gasteiger partial charge in [-0.15, -0.1) is 10.2 Å². The molecule has 0 saturated carbocycles. The topological polar surface area (TPSA) is 75.0 Å². The Kier molecular flexibility index (Phi) is 5.25. The Morgan fingerprint density at radius 2 is 1.76 bits per heavy atom. The standard InChI is InChI=1S/C20H16BrN3O4S/c1-26-14-9-12(10-15(27-2)17(14)28-3)18-22-23-20-24(18)19(25)16(29-20)8-11-5-4-6-13(21)7-11/h4-10H,1-3H3/b16-8-. The number of nitrogens with zero attached hydrogens (tertiary/aromatic N) is 3. The van der Waals surface area contributed by atoms with Gasteiger partial charge in [-0.3, -0.25) is 4.79 Å². The zero-order chi connectivity index (χ0) is 20.5. The summed E-state index contributed by atoms with van der Waals surface area (Å²) in [6.45, 7) is 0. The SMILES string of the molecule is COc1cc(-c2nnc3s/c(=C\c4cccc(Br)c4)c(=O)n23)cc(OC)c1OC. The molecule has 0 amide bonds. The Labute approximate surface area is 178 Å². The average Bonchev–Trinajstić information content (AvgIpc) is 3.27. The van der Waals surface area contributed by atoms with Crippen molar-refractivity contribution in [2.45, 2.75) is 0 Å². The number of aromatic nitrogens is 3. The molecule has 2 heterocycles. The van der Waals surface area contributed by atoms with Crippen LogP contribution in [0.2, 0.25) is 0 Å². The van der Waals surface area contributed by atoms with Crippen molar-refractivity contribution in [3.63, 3.8) is 0 Å². The van der Waals surface area contributed by atoms with Crippen LogP contribution in [0.4, 0.5) is 0 Å². The zero-order valence-corrected chi connectivity index (χ0v) is 18.2. The second kappa shape index (κ2) is 7.84. The first-order valence-corrected chi connectivity index (χ1v) is 10.1. The summed E-state index contributed by atoms with van der Waals surface area (Å²) in [7, 11) is 4.61. The van der Waals surface area contributed by atoms with E-state index in [1.165, 1.54) is 37.1 Å². The lowest BCUT2D eigenvalue weighted by atomic mass is 10.1. The molecule has 148 valence electrons. The Morgan fingerprint density at radius 1 is 1.03 bits per heavy atom. The molecule has 0 bridgehead atoms. The summed E-state index contributed by atoms with van der Waals surface area (Å²) >= 11 is 4.73. The summed E-state index contributed by atoms with van der Waals surface area (Å²) in [6, 6.07) is 11.2. The van der Waals surface area contributed by atoms with Crippen molar-refractivity contribution in [2.75, 3.05) is 21.3 Å². The number of hydrogen-bond donors (Lipinski definition) is 0. The van der Waals surface area contributed by atoms with Gasteiger partial charge in [-0.05, 0) is 35.9 Å². The molecule has 0 saturated heterocycles. The molecule has 9 heteroatoms. The zero-order valence-electron chi connectivity index (χ0n) is 15.8. The molecule has 0 fully saturated rings. The van der Waals surface area contributed by atoms with Crippen LogP contribution < -0.4 is 24.3 Å². The van der Waals surface area contributed by atoms with Crippen molar-refractivity contribution in [1.29, 1.82) is 0 Å². The Bertz CT molecular complexity index is 1290. The number of fused-ring (bicyclic) bond motifs is 1. The van der Waals surface area contributed by atoms with Gasteiger partial charge >= 0.3 is 0 Å². The van der Waals surface area contributed by atoms with Crippen LogP contribution in [-0.2, 0) is 0 Å². The highest BCUT2D eigenvalue weighted by molar-refractivity contribution is 9.10. The van der Waals surface area contributed by atoms with E-state index in [0.717, 1.165) is 10.0 Å². The summed E-state index contributed by atoms with van der Waals surface area (Å²) in [5.41, 5.74) is 1.37. The monoisotopic (exact) mass is 473 g/mol. The summed E-state index contributed by atoms with van der Waals surface area (Å²) in [5, 5.41) is 8.38. The predicted molar refractivity (Wildman–Crippen MR) is 115 cm³/mol. The molecule has 0 N–H and O–H groups in total. The van der Waals surface area contributed by atoms with Crippen molar-refractivity contribution in [2.24, 2.45) is 0 Å². The fourth-order valence-corrected chi connectivity index (χ4v) is 4.34. The molecule has 0 spiro atoms. The first kappa shape index (κ1) is 19.4. The first-order chi connectivity index (χ1) is 14.0. The molecule has 0 atom stereocenters. The molecule has 29 heavy (non-hydrogen) atoms. The molecule has 4 aromatic rings. The van der Waals surface area contributed by atoms with E-state index in [2.05, 4.69) is 26.1 Å². The predicted octanol–water partition coefficient (Wildman–Crippen LogP) is 3.15. The molecule has 0 unspecified atom stereocenters. The van der Waals surface area contributed by atoms with Crippen LogP contribution in [-0.4, -0.2) is 35.9 Å². The molecule has 0 aliphatic heterocycles. The van der Waals surface area contributed by atoms with Crippen LogP contribution in [0.1, 0.15) is 5.56 Å². The third-order valence-corrected chi connectivity index (χ3v) is 5.77. The third-order valence-electron chi connectivity index (χ3n) is 4.32. The van der Waals surface area contributed by atoms with E-state index >= 15 is 0 Å². The fraction of sp³-hybridized carbons (Fsp3) is 0.150. The largest absolute Gasteiger partial charge is 0.493 e. The van der Waals surface area contributed by atoms with Gasteiger partial charge in [0.2, 0.25) is 10.7 Å². The van der Waals surface area contributed by atoms with Gasteiger partial charge in [0.25, 0.3) is 5.56 Å². The number of benzene rings is 2. The average molecular weight is 474 g/mol. The second-order valence-electron chi connectivity index (χ2n) is 6.03.